The van der Waals surface area contributed by atoms with Crippen molar-refractivity contribution in [3.63, 3.8) is 0 Å². The number of hydrogen-bond donors (Lipinski definition) is 0. The minimum absolute atomic E-state index is 0.453. The number of nitrogens with zero attached hydrogens (tertiary/aromatic N) is 2. The first kappa shape index (κ1) is 17.3. The van der Waals surface area contributed by atoms with Gasteiger partial charge in [-0.2, -0.15) is 0 Å². The highest BCUT2D eigenvalue weighted by Gasteiger charge is 2.19. The number of fused-ring (bicyclic) bond motifs is 3. The molecule has 0 bridgehead atoms. The van der Waals surface area contributed by atoms with E-state index in [0.29, 0.717) is 5.92 Å². The summed E-state index contributed by atoms with van der Waals surface area (Å²) in [4.78, 5) is 9.45. The van der Waals surface area contributed by atoms with Crippen LogP contribution in [0.5, 0.6) is 0 Å². The third-order valence-corrected chi connectivity index (χ3v) is 4.96. The molecule has 1 aliphatic carbocycles. The number of allylic oxidation sites excluding steroid dienone is 1. The van der Waals surface area contributed by atoms with E-state index in [4.69, 9.17) is 4.99 Å². The van der Waals surface area contributed by atoms with E-state index in [9.17, 15) is 0 Å². The SMILES string of the molecule is C=C(C)/N=C(\N=C(\C)[C@@H](C)CC)c1ccc2c(c1)Cc1ccccc1-2. The summed E-state index contributed by atoms with van der Waals surface area (Å²) in [7, 11) is 0. The van der Waals surface area contributed by atoms with Gasteiger partial charge in [0.25, 0.3) is 0 Å². The summed E-state index contributed by atoms with van der Waals surface area (Å²) >= 11 is 0. The summed E-state index contributed by atoms with van der Waals surface area (Å²) in [5.41, 5.74) is 8.39. The van der Waals surface area contributed by atoms with Crippen molar-refractivity contribution >= 4 is 11.5 Å². The molecule has 1 aliphatic rings. The lowest BCUT2D eigenvalue weighted by atomic mass is 10.0. The monoisotopic (exact) mass is 330 g/mol. The van der Waals surface area contributed by atoms with E-state index in [1.807, 2.05) is 6.92 Å². The molecule has 0 unspecified atom stereocenters. The molecular formula is C23H26N2. The maximum Gasteiger partial charge on any atom is 0.159 e. The van der Waals surface area contributed by atoms with Gasteiger partial charge in [-0.15, -0.1) is 0 Å². The van der Waals surface area contributed by atoms with E-state index >= 15 is 0 Å². The molecule has 2 aromatic carbocycles. The molecule has 0 radical (unpaired) electrons. The molecule has 25 heavy (non-hydrogen) atoms. The average molecular weight is 330 g/mol. The van der Waals surface area contributed by atoms with Gasteiger partial charge in [0.2, 0.25) is 0 Å². The summed E-state index contributed by atoms with van der Waals surface area (Å²) in [6, 6.07) is 15.2. The summed E-state index contributed by atoms with van der Waals surface area (Å²) in [5, 5.41) is 0. The maximum absolute atomic E-state index is 4.84. The predicted octanol–water partition coefficient (Wildman–Crippen LogP) is 6.05. The van der Waals surface area contributed by atoms with Gasteiger partial charge in [-0.1, -0.05) is 56.8 Å². The molecule has 0 saturated carbocycles. The van der Waals surface area contributed by atoms with Gasteiger partial charge in [-0.25, -0.2) is 9.98 Å². The number of hydrogen-bond acceptors (Lipinski definition) is 1. The predicted molar refractivity (Wildman–Crippen MR) is 109 cm³/mol. The molecule has 0 saturated heterocycles. The molecule has 0 heterocycles. The molecule has 0 spiro atoms. The first-order chi connectivity index (χ1) is 12.0. The Kier molecular flexibility index (Phi) is 4.98. The normalized spacial score (nSPS) is 14.9. The Morgan fingerprint density at radius 3 is 2.48 bits per heavy atom. The molecule has 0 aliphatic heterocycles. The molecule has 2 heteroatoms. The topological polar surface area (TPSA) is 24.7 Å². The van der Waals surface area contributed by atoms with Crippen LogP contribution in [0.1, 0.15) is 50.8 Å². The number of benzene rings is 2. The fourth-order valence-electron chi connectivity index (χ4n) is 3.19. The van der Waals surface area contributed by atoms with E-state index in [1.54, 1.807) is 0 Å². The van der Waals surface area contributed by atoms with Crippen LogP contribution in [0.2, 0.25) is 0 Å². The van der Waals surface area contributed by atoms with Crippen LogP contribution in [0.15, 0.2) is 64.7 Å². The summed E-state index contributed by atoms with van der Waals surface area (Å²) < 4.78 is 0. The highest BCUT2D eigenvalue weighted by atomic mass is 14.9. The second kappa shape index (κ2) is 7.18. The largest absolute Gasteiger partial charge is 0.238 e. The lowest BCUT2D eigenvalue weighted by Gasteiger charge is -2.11. The first-order valence-corrected chi connectivity index (χ1v) is 9.00. The number of rotatable bonds is 4. The fourth-order valence-corrected chi connectivity index (χ4v) is 3.19. The van der Waals surface area contributed by atoms with Crippen LogP contribution in [0, 0.1) is 5.92 Å². The van der Waals surface area contributed by atoms with Crippen molar-refractivity contribution in [3.8, 4) is 11.1 Å². The fraction of sp³-hybridized carbons (Fsp3) is 0.304. The van der Waals surface area contributed by atoms with E-state index in [-0.39, 0.29) is 0 Å². The minimum Gasteiger partial charge on any atom is -0.238 e. The van der Waals surface area contributed by atoms with Gasteiger partial charge >= 0.3 is 0 Å². The van der Waals surface area contributed by atoms with Crippen molar-refractivity contribution in [3.05, 3.63) is 71.4 Å². The van der Waals surface area contributed by atoms with Gasteiger partial charge in [-0.05, 0) is 60.9 Å². The van der Waals surface area contributed by atoms with E-state index in [0.717, 1.165) is 35.6 Å². The highest BCUT2D eigenvalue weighted by Crippen LogP contribution is 2.36. The zero-order chi connectivity index (χ0) is 18.0. The van der Waals surface area contributed by atoms with Crippen molar-refractivity contribution in [2.45, 2.75) is 40.5 Å². The Labute approximate surface area is 151 Å². The van der Waals surface area contributed by atoms with E-state index < -0.39 is 0 Å². The molecule has 1 atom stereocenters. The van der Waals surface area contributed by atoms with Crippen LogP contribution in [0.25, 0.3) is 11.1 Å². The molecule has 0 N–H and O–H groups in total. The minimum atomic E-state index is 0.453. The summed E-state index contributed by atoms with van der Waals surface area (Å²) in [6.07, 6.45) is 2.06. The number of amidine groups is 1. The van der Waals surface area contributed by atoms with Crippen LogP contribution >= 0.6 is 0 Å². The van der Waals surface area contributed by atoms with Crippen LogP contribution in [0.3, 0.4) is 0 Å². The summed E-state index contributed by atoms with van der Waals surface area (Å²) in [6.45, 7) is 12.3. The molecule has 2 nitrogen and oxygen atoms in total. The Bertz CT molecular complexity index is 871. The lowest BCUT2D eigenvalue weighted by molar-refractivity contribution is 0.737. The zero-order valence-corrected chi connectivity index (χ0v) is 15.6. The molecule has 0 amide bonds. The average Bonchev–Trinajstić information content (AvgIpc) is 2.97. The highest BCUT2D eigenvalue weighted by molar-refractivity contribution is 6.07. The third-order valence-electron chi connectivity index (χ3n) is 4.96. The standard InChI is InChI=1S/C23H26N2/c1-6-16(4)17(5)25-23(24-15(2)3)19-11-12-22-20(14-19)13-18-9-7-8-10-21(18)22/h7-12,14,16H,2,6,13H2,1,3-5H3/b24-23-,25-17-/t16-/m0/s1. The Morgan fingerprint density at radius 2 is 1.76 bits per heavy atom. The molecular weight excluding hydrogens is 304 g/mol. The van der Waals surface area contributed by atoms with Gasteiger partial charge in [-0.3, -0.25) is 0 Å². The van der Waals surface area contributed by atoms with Gasteiger partial charge in [0, 0.05) is 17.0 Å². The maximum atomic E-state index is 4.84. The lowest BCUT2D eigenvalue weighted by Crippen LogP contribution is -2.10. The van der Waals surface area contributed by atoms with Crippen LogP contribution < -0.4 is 0 Å². The molecule has 128 valence electrons. The first-order valence-electron chi connectivity index (χ1n) is 9.00. The Morgan fingerprint density at radius 1 is 1.04 bits per heavy atom. The summed E-state index contributed by atoms with van der Waals surface area (Å²) in [5.74, 6) is 1.22. The molecule has 2 aromatic rings. The van der Waals surface area contributed by atoms with Crippen LogP contribution in [-0.4, -0.2) is 11.5 Å². The second-order valence-electron chi connectivity index (χ2n) is 6.94. The molecule has 0 aromatic heterocycles. The van der Waals surface area contributed by atoms with Crippen molar-refractivity contribution in [1.82, 2.24) is 0 Å². The van der Waals surface area contributed by atoms with E-state index in [1.165, 1.54) is 22.3 Å². The van der Waals surface area contributed by atoms with Crippen molar-refractivity contribution in [2.24, 2.45) is 15.9 Å². The van der Waals surface area contributed by atoms with Crippen LogP contribution in [-0.2, 0) is 6.42 Å². The quantitative estimate of drug-likeness (QED) is 0.411. The van der Waals surface area contributed by atoms with Crippen molar-refractivity contribution < 1.29 is 0 Å². The van der Waals surface area contributed by atoms with Gasteiger partial charge in [0.1, 0.15) is 0 Å². The third kappa shape index (κ3) is 3.63. The zero-order valence-electron chi connectivity index (χ0n) is 15.6. The van der Waals surface area contributed by atoms with Gasteiger partial charge < -0.3 is 0 Å². The smallest absolute Gasteiger partial charge is 0.159 e. The van der Waals surface area contributed by atoms with Crippen molar-refractivity contribution in [2.75, 3.05) is 0 Å². The molecule has 3 rings (SSSR count). The van der Waals surface area contributed by atoms with Gasteiger partial charge in [0.05, 0.1) is 0 Å². The molecule has 0 fully saturated rings. The Hall–Kier alpha value is -2.48. The Balaban J connectivity index is 2.02. The number of aliphatic imine (C=N–C) groups is 2. The second-order valence-corrected chi connectivity index (χ2v) is 6.94. The van der Waals surface area contributed by atoms with Gasteiger partial charge in [0.15, 0.2) is 5.84 Å². The van der Waals surface area contributed by atoms with Crippen LogP contribution in [0.4, 0.5) is 0 Å². The van der Waals surface area contributed by atoms with E-state index in [2.05, 4.69) is 74.8 Å². The van der Waals surface area contributed by atoms with Crippen molar-refractivity contribution in [1.29, 1.82) is 0 Å².